The zero-order valence-corrected chi connectivity index (χ0v) is 10.00. The van der Waals surface area contributed by atoms with Crippen LogP contribution >= 0.6 is 0 Å². The van der Waals surface area contributed by atoms with Gasteiger partial charge < -0.3 is 15.8 Å². The second-order valence-electron chi connectivity index (χ2n) is 3.76. The van der Waals surface area contributed by atoms with Crippen LogP contribution in [0.2, 0.25) is 0 Å². The van der Waals surface area contributed by atoms with E-state index in [1.54, 1.807) is 13.2 Å². The molecule has 0 saturated heterocycles. The number of nitrogens with two attached hydrogens (primary N) is 1. The zero-order chi connectivity index (χ0) is 12.8. The van der Waals surface area contributed by atoms with Crippen LogP contribution in [0.3, 0.4) is 0 Å². The number of methoxy groups -OCH3 is 1. The Morgan fingerprint density at radius 3 is 2.82 bits per heavy atom. The number of ether oxygens (including phenoxy) is 1. The summed E-state index contributed by atoms with van der Waals surface area (Å²) in [7, 11) is 1.61. The number of hydrogen-bond acceptors (Lipinski definition) is 3. The lowest BCUT2D eigenvalue weighted by atomic mass is 10.1. The number of anilines is 1. The second-order valence-corrected chi connectivity index (χ2v) is 3.76. The number of benzene rings is 1. The molecule has 1 unspecified atom stereocenters. The van der Waals surface area contributed by atoms with Crippen LogP contribution in [0.15, 0.2) is 18.2 Å². The number of carbonyl (C=O) groups excluding carboxylic acids is 1. The lowest BCUT2D eigenvalue weighted by Gasteiger charge is -2.17. The van der Waals surface area contributed by atoms with Crippen molar-refractivity contribution in [2.24, 2.45) is 5.73 Å². The molecule has 0 aliphatic heterocycles. The monoisotopic (exact) mass is 240 g/mol. The highest BCUT2D eigenvalue weighted by molar-refractivity contribution is 5.94. The van der Waals surface area contributed by atoms with Crippen LogP contribution in [0, 0.1) is 5.82 Å². The van der Waals surface area contributed by atoms with Crippen molar-refractivity contribution in [3.05, 3.63) is 29.6 Å². The van der Waals surface area contributed by atoms with Gasteiger partial charge in [-0.1, -0.05) is 6.92 Å². The number of hydrogen-bond donors (Lipinski definition) is 2. The first-order valence-corrected chi connectivity index (χ1v) is 5.43. The maximum absolute atomic E-state index is 13.2. The molecule has 0 bridgehead atoms. The number of amides is 1. The summed E-state index contributed by atoms with van der Waals surface area (Å²) < 4.78 is 18.3. The smallest absolute Gasteiger partial charge is 0.251 e. The first kappa shape index (κ1) is 13.4. The van der Waals surface area contributed by atoms with Crippen molar-refractivity contribution in [2.45, 2.75) is 19.4 Å². The Balaban J connectivity index is 2.84. The minimum Gasteiger partial charge on any atom is -0.383 e. The van der Waals surface area contributed by atoms with Crippen LogP contribution in [-0.2, 0) is 4.74 Å². The van der Waals surface area contributed by atoms with E-state index in [1.165, 1.54) is 12.1 Å². The van der Waals surface area contributed by atoms with E-state index in [1.807, 2.05) is 6.92 Å². The molecule has 1 atom stereocenters. The Kier molecular flexibility index (Phi) is 4.90. The first-order chi connectivity index (χ1) is 8.08. The van der Waals surface area contributed by atoms with E-state index >= 15 is 0 Å². The summed E-state index contributed by atoms with van der Waals surface area (Å²) in [6.45, 7) is 2.55. The molecule has 94 valence electrons. The van der Waals surface area contributed by atoms with Gasteiger partial charge >= 0.3 is 0 Å². The highest BCUT2D eigenvalue weighted by Crippen LogP contribution is 2.16. The Labute approximate surface area is 100.0 Å². The van der Waals surface area contributed by atoms with Gasteiger partial charge in [0.05, 0.1) is 12.2 Å². The molecule has 0 aromatic heterocycles. The molecule has 0 fully saturated rings. The molecule has 0 aliphatic carbocycles. The molecule has 1 aromatic rings. The summed E-state index contributed by atoms with van der Waals surface area (Å²) in [6, 6.07) is 4.32. The van der Waals surface area contributed by atoms with Crippen molar-refractivity contribution in [2.75, 3.05) is 19.0 Å². The van der Waals surface area contributed by atoms with Crippen molar-refractivity contribution in [1.82, 2.24) is 0 Å². The molecule has 0 heterocycles. The van der Waals surface area contributed by atoms with Gasteiger partial charge in [-0.15, -0.1) is 0 Å². The molecule has 0 spiro atoms. The molecule has 4 nitrogen and oxygen atoms in total. The van der Waals surface area contributed by atoms with Crippen LogP contribution in [-0.4, -0.2) is 25.7 Å². The number of halogens is 1. The van der Waals surface area contributed by atoms with E-state index in [-0.39, 0.29) is 11.6 Å². The number of carbonyl (C=O) groups is 1. The van der Waals surface area contributed by atoms with Crippen LogP contribution in [0.5, 0.6) is 0 Å². The fourth-order valence-corrected chi connectivity index (χ4v) is 1.50. The van der Waals surface area contributed by atoms with Crippen LogP contribution in [0.1, 0.15) is 23.7 Å². The lowest BCUT2D eigenvalue weighted by molar-refractivity contribution is 0.0996. The third kappa shape index (κ3) is 3.71. The molecule has 17 heavy (non-hydrogen) atoms. The topological polar surface area (TPSA) is 64.3 Å². The summed E-state index contributed by atoms with van der Waals surface area (Å²) >= 11 is 0. The van der Waals surface area contributed by atoms with Crippen molar-refractivity contribution < 1.29 is 13.9 Å². The maximum Gasteiger partial charge on any atom is 0.251 e. The third-order valence-electron chi connectivity index (χ3n) is 2.46. The Hall–Kier alpha value is -1.62. The van der Waals surface area contributed by atoms with Gasteiger partial charge in [0.25, 0.3) is 5.91 Å². The van der Waals surface area contributed by atoms with E-state index in [4.69, 9.17) is 10.5 Å². The maximum atomic E-state index is 13.2. The van der Waals surface area contributed by atoms with Crippen molar-refractivity contribution in [1.29, 1.82) is 0 Å². The minimum atomic E-state index is -0.772. The minimum absolute atomic E-state index is 0.109. The van der Waals surface area contributed by atoms with E-state index in [0.717, 1.165) is 6.42 Å². The Bertz CT molecular complexity index is 396. The standard InChI is InChI=1S/C12H17FN2O2/c1-3-8(7-17-2)15-9-4-5-11(13)10(6-9)12(14)16/h4-6,8,15H,3,7H2,1-2H3,(H2,14,16). The number of nitrogens with one attached hydrogen (secondary N) is 1. The SMILES string of the molecule is CCC(COC)Nc1ccc(F)c(C(N)=O)c1. The fourth-order valence-electron chi connectivity index (χ4n) is 1.50. The quantitative estimate of drug-likeness (QED) is 0.796. The predicted octanol–water partition coefficient (Wildman–Crippen LogP) is 1.76. The first-order valence-electron chi connectivity index (χ1n) is 5.43. The summed E-state index contributed by atoms with van der Waals surface area (Å²) in [5.41, 5.74) is 5.62. The van der Waals surface area contributed by atoms with E-state index in [2.05, 4.69) is 5.32 Å². The van der Waals surface area contributed by atoms with Gasteiger partial charge in [-0.05, 0) is 24.6 Å². The average molecular weight is 240 g/mol. The summed E-state index contributed by atoms with van der Waals surface area (Å²) in [5.74, 6) is -1.38. The molecule has 1 aromatic carbocycles. The van der Waals surface area contributed by atoms with Crippen LogP contribution in [0.4, 0.5) is 10.1 Å². The number of primary amides is 1. The molecule has 5 heteroatoms. The normalized spacial score (nSPS) is 12.2. The predicted molar refractivity (Wildman–Crippen MR) is 64.5 cm³/mol. The highest BCUT2D eigenvalue weighted by atomic mass is 19.1. The molecule has 1 rings (SSSR count). The molecule has 0 radical (unpaired) electrons. The number of rotatable bonds is 6. The van der Waals surface area contributed by atoms with E-state index < -0.39 is 11.7 Å². The molecular weight excluding hydrogens is 223 g/mol. The van der Waals surface area contributed by atoms with Gasteiger partial charge in [0.2, 0.25) is 0 Å². The average Bonchev–Trinajstić information content (AvgIpc) is 2.30. The largest absolute Gasteiger partial charge is 0.383 e. The van der Waals surface area contributed by atoms with Gasteiger partial charge in [-0.25, -0.2) is 4.39 Å². The van der Waals surface area contributed by atoms with Crippen molar-refractivity contribution in [3.63, 3.8) is 0 Å². The molecule has 0 aliphatic rings. The second kappa shape index (κ2) is 6.20. The Morgan fingerprint density at radius 1 is 1.59 bits per heavy atom. The van der Waals surface area contributed by atoms with E-state index in [0.29, 0.717) is 12.3 Å². The molecule has 0 saturated carbocycles. The molecular formula is C12H17FN2O2. The highest BCUT2D eigenvalue weighted by Gasteiger charge is 2.11. The molecule has 3 N–H and O–H groups in total. The van der Waals surface area contributed by atoms with Gasteiger partial charge in [0.15, 0.2) is 0 Å². The molecule has 1 amide bonds. The lowest BCUT2D eigenvalue weighted by Crippen LogP contribution is -2.24. The van der Waals surface area contributed by atoms with Gasteiger partial charge in [-0.3, -0.25) is 4.79 Å². The van der Waals surface area contributed by atoms with Crippen LogP contribution in [0.25, 0.3) is 0 Å². The Morgan fingerprint density at radius 2 is 2.29 bits per heavy atom. The summed E-state index contributed by atoms with van der Waals surface area (Å²) in [5, 5.41) is 3.15. The van der Waals surface area contributed by atoms with Gasteiger partial charge in [-0.2, -0.15) is 0 Å². The van der Waals surface area contributed by atoms with Gasteiger partial charge in [0.1, 0.15) is 5.82 Å². The van der Waals surface area contributed by atoms with Gasteiger partial charge in [0, 0.05) is 18.8 Å². The zero-order valence-electron chi connectivity index (χ0n) is 10.00. The summed E-state index contributed by atoms with van der Waals surface area (Å²) in [6.07, 6.45) is 0.858. The summed E-state index contributed by atoms with van der Waals surface area (Å²) in [4.78, 5) is 11.0. The van der Waals surface area contributed by atoms with Crippen LogP contribution < -0.4 is 11.1 Å². The van der Waals surface area contributed by atoms with E-state index in [9.17, 15) is 9.18 Å². The third-order valence-corrected chi connectivity index (χ3v) is 2.46. The fraction of sp³-hybridized carbons (Fsp3) is 0.417. The van der Waals surface area contributed by atoms with Crippen molar-refractivity contribution >= 4 is 11.6 Å². The van der Waals surface area contributed by atoms with Crippen molar-refractivity contribution in [3.8, 4) is 0 Å².